The van der Waals surface area contributed by atoms with Crippen molar-refractivity contribution >= 4 is 27.1 Å². The highest BCUT2D eigenvalue weighted by molar-refractivity contribution is 7.90. The Hall–Kier alpha value is -3.11. The molecule has 0 saturated carbocycles. The predicted octanol–water partition coefficient (Wildman–Crippen LogP) is 5.28. The van der Waals surface area contributed by atoms with E-state index in [1.807, 2.05) is 28.1 Å². The van der Waals surface area contributed by atoms with Gasteiger partial charge in [-0.05, 0) is 55.3 Å². The van der Waals surface area contributed by atoms with Crippen LogP contribution in [0.1, 0.15) is 65.9 Å². The fourth-order valence-electron chi connectivity index (χ4n) is 4.87. The van der Waals surface area contributed by atoms with Crippen LogP contribution in [0.2, 0.25) is 0 Å². The molecule has 1 aromatic carbocycles. The van der Waals surface area contributed by atoms with Gasteiger partial charge >= 0.3 is 5.97 Å². The molecule has 0 radical (unpaired) electrons. The number of thiophene rings is 1. The minimum Gasteiger partial charge on any atom is -0.493 e. The lowest BCUT2D eigenvalue weighted by atomic mass is 9.91. The van der Waals surface area contributed by atoms with Crippen LogP contribution < -0.4 is 14.9 Å². The zero-order chi connectivity index (χ0) is 28.0. The minimum absolute atomic E-state index is 0.0221. The fourth-order valence-corrected chi connectivity index (χ4v) is 6.43. The number of carbonyl (C=O) groups excluding carboxylic acids is 1. The van der Waals surface area contributed by atoms with Crippen molar-refractivity contribution in [2.75, 3.05) is 32.3 Å². The number of benzene rings is 1. The number of hydrogen-bond acceptors (Lipinski definition) is 8. The van der Waals surface area contributed by atoms with Crippen LogP contribution in [0.4, 0.5) is 0 Å². The van der Waals surface area contributed by atoms with Gasteiger partial charge in [0.25, 0.3) is 0 Å². The summed E-state index contributed by atoms with van der Waals surface area (Å²) >= 11 is 1.63. The molecule has 39 heavy (non-hydrogen) atoms. The number of carbonyl (C=O) groups is 1. The van der Waals surface area contributed by atoms with Gasteiger partial charge in [0.2, 0.25) is 0 Å². The Labute approximate surface area is 233 Å². The number of fused-ring (bicyclic) bond motifs is 3. The molecule has 0 fully saturated rings. The first-order valence-corrected chi connectivity index (χ1v) is 16.1. The largest absolute Gasteiger partial charge is 0.493 e. The smallest absolute Gasteiger partial charge is 0.343 e. The molecule has 0 spiro atoms. The Balaban J connectivity index is 1.56. The van der Waals surface area contributed by atoms with Crippen LogP contribution in [-0.4, -0.2) is 51.3 Å². The summed E-state index contributed by atoms with van der Waals surface area (Å²) in [5, 5.41) is 2.02. The zero-order valence-corrected chi connectivity index (χ0v) is 24.2. The van der Waals surface area contributed by atoms with Crippen LogP contribution in [-0.2, 0) is 21.0 Å². The lowest BCUT2D eigenvalue weighted by Gasteiger charge is -2.31. The molecule has 0 bridgehead atoms. The summed E-state index contributed by atoms with van der Waals surface area (Å²) in [6.07, 6.45) is 7.90. The molecule has 0 saturated heterocycles. The van der Waals surface area contributed by atoms with E-state index in [-0.39, 0.29) is 29.4 Å². The van der Waals surface area contributed by atoms with Crippen LogP contribution in [0, 0.1) is 0 Å². The summed E-state index contributed by atoms with van der Waals surface area (Å²) in [5.74, 6) is 0.842. The summed E-state index contributed by atoms with van der Waals surface area (Å²) in [6.45, 7) is 2.43. The Morgan fingerprint density at radius 1 is 1.10 bits per heavy atom. The average Bonchev–Trinajstić information content (AvgIpc) is 3.43. The molecule has 4 rings (SSSR count). The average molecular weight is 574 g/mol. The first-order chi connectivity index (χ1) is 18.7. The topological polar surface area (TPSA) is 101 Å². The molecule has 210 valence electrons. The van der Waals surface area contributed by atoms with Crippen LogP contribution in [0.25, 0.3) is 11.3 Å². The third-order valence-electron chi connectivity index (χ3n) is 6.78. The molecule has 1 aliphatic rings. The zero-order valence-electron chi connectivity index (χ0n) is 22.6. The maximum atomic E-state index is 13.0. The Morgan fingerprint density at radius 2 is 1.87 bits per heavy atom. The number of hydrogen-bond donors (Lipinski definition) is 0. The third-order valence-corrected chi connectivity index (χ3v) is 8.78. The van der Waals surface area contributed by atoms with Crippen molar-refractivity contribution in [1.82, 2.24) is 4.57 Å². The van der Waals surface area contributed by atoms with Crippen LogP contribution >= 0.6 is 11.3 Å². The monoisotopic (exact) mass is 573 g/mol. The number of methoxy groups -OCH3 is 1. The molecule has 10 heteroatoms. The van der Waals surface area contributed by atoms with E-state index in [1.54, 1.807) is 31.6 Å². The number of aromatic nitrogens is 1. The van der Waals surface area contributed by atoms with Crippen molar-refractivity contribution in [3.05, 3.63) is 68.1 Å². The summed E-state index contributed by atoms with van der Waals surface area (Å²) in [4.78, 5) is 26.6. The molecule has 1 atom stereocenters. The highest BCUT2D eigenvalue weighted by Crippen LogP contribution is 2.43. The van der Waals surface area contributed by atoms with Crippen molar-refractivity contribution in [1.29, 1.82) is 0 Å². The fraction of sp³-hybridized carbons (Fsp3) is 0.448. The van der Waals surface area contributed by atoms with Crippen LogP contribution in [0.5, 0.6) is 11.5 Å². The maximum absolute atomic E-state index is 13.0. The van der Waals surface area contributed by atoms with Gasteiger partial charge in [0.15, 0.2) is 16.9 Å². The van der Waals surface area contributed by atoms with E-state index in [1.165, 1.54) is 12.3 Å². The molecule has 1 aliphatic heterocycles. The number of unbranched alkanes of at least 4 members (excludes halogenated alkanes) is 4. The third kappa shape index (κ3) is 7.10. The molecule has 8 nitrogen and oxygen atoms in total. The van der Waals surface area contributed by atoms with E-state index < -0.39 is 15.8 Å². The maximum Gasteiger partial charge on any atom is 0.343 e. The number of ether oxygens (including phenoxy) is 3. The molecule has 0 amide bonds. The Bertz CT molecular complexity index is 1460. The van der Waals surface area contributed by atoms with Crippen molar-refractivity contribution in [2.45, 2.75) is 51.5 Å². The van der Waals surface area contributed by atoms with Crippen molar-refractivity contribution in [3.63, 3.8) is 0 Å². The lowest BCUT2D eigenvalue weighted by Crippen LogP contribution is -2.26. The number of pyridine rings is 1. The van der Waals surface area contributed by atoms with E-state index in [0.717, 1.165) is 41.7 Å². The second-order valence-corrected chi connectivity index (χ2v) is 12.9. The summed E-state index contributed by atoms with van der Waals surface area (Å²) in [7, 11) is -1.31. The number of nitrogens with zero attached hydrogens (tertiary/aromatic N) is 1. The van der Waals surface area contributed by atoms with E-state index in [0.29, 0.717) is 36.6 Å². The molecule has 2 aromatic heterocycles. The first kappa shape index (κ1) is 28.9. The van der Waals surface area contributed by atoms with Gasteiger partial charge in [0.1, 0.15) is 15.4 Å². The molecule has 0 N–H and O–H groups in total. The number of sulfone groups is 1. The van der Waals surface area contributed by atoms with Gasteiger partial charge in [0.05, 0.1) is 32.1 Å². The summed E-state index contributed by atoms with van der Waals surface area (Å²) in [5.41, 5.74) is 2.26. The lowest BCUT2D eigenvalue weighted by molar-refractivity contribution is 0.0523. The number of rotatable bonds is 13. The van der Waals surface area contributed by atoms with Gasteiger partial charge in [-0.2, -0.15) is 0 Å². The van der Waals surface area contributed by atoms with Crippen molar-refractivity contribution in [3.8, 4) is 22.8 Å². The highest BCUT2D eigenvalue weighted by atomic mass is 32.2. The standard InChI is InChI=1S/C29H35NO7S2/c1-4-36-29(32)22-19-30-23(18-25(22)31)21-17-26(35-2)27(16-20(21)15-24(30)28-11-10-13-38-28)37-12-8-6-5-7-9-14-39(3,33)34/h10-11,13,16-19,24H,4-9,12,14-15H2,1-3H3. The second kappa shape index (κ2) is 12.8. The van der Waals surface area contributed by atoms with Crippen LogP contribution in [0.3, 0.4) is 0 Å². The van der Waals surface area contributed by atoms with Gasteiger partial charge in [-0.15, -0.1) is 11.3 Å². The van der Waals surface area contributed by atoms with Gasteiger partial charge < -0.3 is 18.8 Å². The van der Waals surface area contributed by atoms with Gasteiger partial charge in [-0.1, -0.05) is 25.3 Å². The van der Waals surface area contributed by atoms with Crippen LogP contribution in [0.15, 0.2) is 46.7 Å². The van der Waals surface area contributed by atoms with E-state index in [9.17, 15) is 18.0 Å². The van der Waals surface area contributed by atoms with E-state index >= 15 is 0 Å². The second-order valence-electron chi connectivity index (χ2n) is 9.71. The molecule has 1 unspecified atom stereocenters. The van der Waals surface area contributed by atoms with Crippen molar-refractivity contribution < 1.29 is 27.4 Å². The molecule has 0 aliphatic carbocycles. The Kier molecular flexibility index (Phi) is 9.50. The van der Waals surface area contributed by atoms with Gasteiger partial charge in [-0.3, -0.25) is 4.79 Å². The molecular weight excluding hydrogens is 538 g/mol. The molecule has 3 heterocycles. The van der Waals surface area contributed by atoms with Gasteiger partial charge in [0, 0.05) is 34.7 Å². The first-order valence-electron chi connectivity index (χ1n) is 13.2. The summed E-state index contributed by atoms with van der Waals surface area (Å²) < 4.78 is 41.4. The summed E-state index contributed by atoms with van der Waals surface area (Å²) in [6, 6.07) is 9.37. The quantitative estimate of drug-likeness (QED) is 0.203. The highest BCUT2D eigenvalue weighted by Gasteiger charge is 2.29. The van der Waals surface area contributed by atoms with E-state index in [4.69, 9.17) is 14.2 Å². The van der Waals surface area contributed by atoms with Crippen molar-refractivity contribution in [2.24, 2.45) is 0 Å². The predicted molar refractivity (Wildman–Crippen MR) is 153 cm³/mol. The molecule has 3 aromatic rings. The minimum atomic E-state index is -2.90. The van der Waals surface area contributed by atoms with E-state index in [2.05, 4.69) is 6.07 Å². The normalized spacial score (nSPS) is 14.4. The SMILES string of the molecule is CCOC(=O)c1cn2c(cc1=O)-c1cc(OC)c(OCCCCCCCS(C)(=O)=O)cc1CC2c1cccs1. The number of esters is 1. The molecular formula is C29H35NO7S2. The van der Waals surface area contributed by atoms with Gasteiger partial charge in [-0.25, -0.2) is 13.2 Å². The Morgan fingerprint density at radius 3 is 2.56 bits per heavy atom.